The first kappa shape index (κ1) is 8.82. The van der Waals surface area contributed by atoms with Crippen molar-refractivity contribution in [3.63, 3.8) is 0 Å². The van der Waals surface area contributed by atoms with Gasteiger partial charge < -0.3 is 5.32 Å². The molecule has 0 aromatic carbocycles. The van der Waals surface area contributed by atoms with Crippen molar-refractivity contribution in [1.29, 1.82) is 5.26 Å². The lowest BCUT2D eigenvalue weighted by atomic mass is 10.3. The highest BCUT2D eigenvalue weighted by Crippen LogP contribution is 2.15. The van der Waals surface area contributed by atoms with E-state index in [0.29, 0.717) is 16.4 Å². The van der Waals surface area contributed by atoms with Crippen LogP contribution in [0.25, 0.3) is 0 Å². The summed E-state index contributed by atoms with van der Waals surface area (Å²) in [5.74, 6) is 0.587. The zero-order chi connectivity index (χ0) is 8.97. The Labute approximate surface area is 76.0 Å². The van der Waals surface area contributed by atoms with Gasteiger partial charge in [-0.3, -0.25) is 0 Å². The summed E-state index contributed by atoms with van der Waals surface area (Å²) in [5.41, 5.74) is 0.476. The smallest absolute Gasteiger partial charge is 0.143 e. The van der Waals surface area contributed by atoms with Gasteiger partial charge in [-0.25, -0.2) is 4.98 Å². The highest BCUT2D eigenvalue weighted by molar-refractivity contribution is 6.30. The maximum atomic E-state index is 8.68. The second-order valence-electron chi connectivity index (χ2n) is 2.19. The molecule has 1 rings (SSSR count). The largest absolute Gasteiger partial charge is 0.369 e. The van der Waals surface area contributed by atoms with Crippen LogP contribution in [-0.4, -0.2) is 11.5 Å². The predicted molar refractivity (Wildman–Crippen MR) is 48.1 cm³/mol. The Kier molecular flexibility index (Phi) is 2.89. The minimum atomic E-state index is 0.476. The summed E-state index contributed by atoms with van der Waals surface area (Å²) in [6, 6.07) is 3.60. The van der Waals surface area contributed by atoms with Crippen molar-refractivity contribution in [3.8, 4) is 6.07 Å². The zero-order valence-corrected chi connectivity index (χ0v) is 7.39. The molecule has 0 atom stereocenters. The van der Waals surface area contributed by atoms with Crippen LogP contribution in [-0.2, 0) is 0 Å². The molecule has 0 aliphatic heterocycles. The van der Waals surface area contributed by atoms with E-state index in [9.17, 15) is 0 Å². The van der Waals surface area contributed by atoms with Crippen molar-refractivity contribution in [1.82, 2.24) is 4.98 Å². The van der Waals surface area contributed by atoms with E-state index in [-0.39, 0.29) is 0 Å². The van der Waals surface area contributed by atoms with Gasteiger partial charge in [-0.15, -0.1) is 0 Å². The van der Waals surface area contributed by atoms with Crippen LogP contribution in [0.5, 0.6) is 0 Å². The summed E-state index contributed by atoms with van der Waals surface area (Å²) in [4.78, 5) is 3.97. The molecule has 1 heterocycles. The van der Waals surface area contributed by atoms with Gasteiger partial charge in [-0.05, 0) is 13.0 Å². The van der Waals surface area contributed by atoms with Crippen molar-refractivity contribution in [2.45, 2.75) is 6.92 Å². The SMILES string of the molecule is CCNc1ncc(Cl)cc1C#N. The van der Waals surface area contributed by atoms with Crippen LogP contribution in [0.3, 0.4) is 0 Å². The molecular formula is C8H8ClN3. The van der Waals surface area contributed by atoms with E-state index in [0.717, 1.165) is 6.54 Å². The molecule has 1 aromatic heterocycles. The normalized spacial score (nSPS) is 9.08. The Balaban J connectivity index is 3.05. The average molecular weight is 182 g/mol. The molecule has 0 fully saturated rings. The molecule has 0 amide bonds. The standard InChI is InChI=1S/C8H8ClN3/c1-2-11-8-6(4-10)3-7(9)5-12-8/h3,5H,2H2,1H3,(H,11,12). The van der Waals surface area contributed by atoms with Crippen molar-refractivity contribution >= 4 is 17.4 Å². The van der Waals surface area contributed by atoms with E-state index in [4.69, 9.17) is 16.9 Å². The van der Waals surface area contributed by atoms with Crippen molar-refractivity contribution in [2.75, 3.05) is 11.9 Å². The molecule has 0 saturated carbocycles. The summed E-state index contributed by atoms with van der Waals surface area (Å²) in [6.45, 7) is 2.68. The summed E-state index contributed by atoms with van der Waals surface area (Å²) in [5, 5.41) is 12.1. The molecule has 1 aromatic rings. The number of rotatable bonds is 2. The Morgan fingerprint density at radius 2 is 2.50 bits per heavy atom. The van der Waals surface area contributed by atoms with Gasteiger partial charge in [-0.2, -0.15) is 5.26 Å². The number of nitrogens with one attached hydrogen (secondary N) is 1. The molecule has 0 radical (unpaired) electrons. The minimum Gasteiger partial charge on any atom is -0.369 e. The highest BCUT2D eigenvalue weighted by atomic mass is 35.5. The van der Waals surface area contributed by atoms with E-state index in [1.54, 1.807) is 6.07 Å². The van der Waals surface area contributed by atoms with Gasteiger partial charge in [-0.1, -0.05) is 11.6 Å². The number of halogens is 1. The van der Waals surface area contributed by atoms with Gasteiger partial charge in [0.2, 0.25) is 0 Å². The number of nitriles is 1. The van der Waals surface area contributed by atoms with E-state index >= 15 is 0 Å². The number of hydrogen-bond acceptors (Lipinski definition) is 3. The van der Waals surface area contributed by atoms with Gasteiger partial charge in [0.1, 0.15) is 11.9 Å². The van der Waals surface area contributed by atoms with Crippen molar-refractivity contribution in [2.24, 2.45) is 0 Å². The van der Waals surface area contributed by atoms with Crippen molar-refractivity contribution < 1.29 is 0 Å². The Bertz CT molecular complexity index is 317. The van der Waals surface area contributed by atoms with E-state index in [2.05, 4.69) is 10.3 Å². The van der Waals surface area contributed by atoms with E-state index in [1.165, 1.54) is 6.20 Å². The van der Waals surface area contributed by atoms with E-state index in [1.807, 2.05) is 13.0 Å². The molecule has 12 heavy (non-hydrogen) atoms. The molecule has 4 heteroatoms. The molecule has 1 N–H and O–H groups in total. The van der Waals surface area contributed by atoms with Crippen LogP contribution in [0.1, 0.15) is 12.5 Å². The lowest BCUT2D eigenvalue weighted by Crippen LogP contribution is -2.01. The Morgan fingerprint density at radius 3 is 3.08 bits per heavy atom. The van der Waals surface area contributed by atoms with Crippen LogP contribution in [0.15, 0.2) is 12.3 Å². The molecule has 0 saturated heterocycles. The fraction of sp³-hybridized carbons (Fsp3) is 0.250. The number of hydrogen-bond donors (Lipinski definition) is 1. The first-order valence-electron chi connectivity index (χ1n) is 3.57. The van der Waals surface area contributed by atoms with Crippen molar-refractivity contribution in [3.05, 3.63) is 22.8 Å². The minimum absolute atomic E-state index is 0.476. The fourth-order valence-corrected chi connectivity index (χ4v) is 0.991. The Hall–Kier alpha value is -1.27. The lowest BCUT2D eigenvalue weighted by Gasteiger charge is -2.03. The molecule has 0 spiro atoms. The second-order valence-corrected chi connectivity index (χ2v) is 2.63. The summed E-state index contributed by atoms with van der Waals surface area (Å²) >= 11 is 5.65. The van der Waals surface area contributed by atoms with Crippen LogP contribution in [0.4, 0.5) is 5.82 Å². The topological polar surface area (TPSA) is 48.7 Å². The molecule has 62 valence electrons. The van der Waals surface area contributed by atoms with Gasteiger partial charge in [0.25, 0.3) is 0 Å². The third-order valence-corrected chi connectivity index (χ3v) is 1.53. The summed E-state index contributed by atoms with van der Waals surface area (Å²) in [7, 11) is 0. The number of aromatic nitrogens is 1. The summed E-state index contributed by atoms with van der Waals surface area (Å²) < 4.78 is 0. The second kappa shape index (κ2) is 3.93. The van der Waals surface area contributed by atoms with E-state index < -0.39 is 0 Å². The first-order valence-corrected chi connectivity index (χ1v) is 3.95. The van der Waals surface area contributed by atoms with Gasteiger partial charge in [0.15, 0.2) is 0 Å². The quantitative estimate of drug-likeness (QED) is 0.760. The van der Waals surface area contributed by atoms with Crippen LogP contribution < -0.4 is 5.32 Å². The van der Waals surface area contributed by atoms with Gasteiger partial charge in [0, 0.05) is 12.7 Å². The third kappa shape index (κ3) is 1.86. The highest BCUT2D eigenvalue weighted by Gasteiger charge is 2.01. The maximum Gasteiger partial charge on any atom is 0.143 e. The zero-order valence-electron chi connectivity index (χ0n) is 6.63. The monoisotopic (exact) mass is 181 g/mol. The number of pyridine rings is 1. The molecular weight excluding hydrogens is 174 g/mol. The lowest BCUT2D eigenvalue weighted by molar-refractivity contribution is 1.15. The fourth-order valence-electron chi connectivity index (χ4n) is 0.833. The van der Waals surface area contributed by atoms with Crippen LogP contribution in [0.2, 0.25) is 5.02 Å². The van der Waals surface area contributed by atoms with Crippen LogP contribution >= 0.6 is 11.6 Å². The number of anilines is 1. The van der Waals surface area contributed by atoms with Gasteiger partial charge in [0.05, 0.1) is 10.6 Å². The molecule has 0 aliphatic rings. The third-order valence-electron chi connectivity index (χ3n) is 1.32. The van der Waals surface area contributed by atoms with Gasteiger partial charge >= 0.3 is 0 Å². The number of nitrogens with zero attached hydrogens (tertiary/aromatic N) is 2. The Morgan fingerprint density at radius 1 is 1.75 bits per heavy atom. The maximum absolute atomic E-state index is 8.68. The first-order chi connectivity index (χ1) is 5.77. The molecule has 0 aliphatic carbocycles. The predicted octanol–water partition coefficient (Wildman–Crippen LogP) is 2.04. The molecule has 3 nitrogen and oxygen atoms in total. The summed E-state index contributed by atoms with van der Waals surface area (Å²) in [6.07, 6.45) is 1.51. The molecule has 0 bridgehead atoms. The van der Waals surface area contributed by atoms with Crippen LogP contribution in [0, 0.1) is 11.3 Å². The molecule has 0 unspecified atom stereocenters. The average Bonchev–Trinajstić information content (AvgIpc) is 2.08.